The van der Waals surface area contributed by atoms with E-state index in [2.05, 4.69) is 15.0 Å². The Balaban J connectivity index is 1.40. The van der Waals surface area contributed by atoms with Crippen molar-refractivity contribution in [1.29, 1.82) is 0 Å². The summed E-state index contributed by atoms with van der Waals surface area (Å²) in [5, 5.41) is 0. The molecule has 0 aliphatic carbocycles. The SMILES string of the molecule is CS(=O)(=O)N1CCO[C@H](COc2nc(-c3ccc(N4CCOCC4)c(F)c3)cc3nccnc23)C1. The van der Waals surface area contributed by atoms with E-state index in [1.807, 2.05) is 11.0 Å². The van der Waals surface area contributed by atoms with Crippen LogP contribution in [0.1, 0.15) is 0 Å². The van der Waals surface area contributed by atoms with Crippen LogP contribution in [0.15, 0.2) is 36.7 Å². The maximum Gasteiger partial charge on any atom is 0.242 e. The number of anilines is 1. The lowest BCUT2D eigenvalue weighted by Gasteiger charge is -2.30. The number of sulfonamides is 1. The molecule has 2 aliphatic rings. The number of aromatic nitrogens is 3. The first-order chi connectivity index (χ1) is 16.9. The van der Waals surface area contributed by atoms with E-state index in [4.69, 9.17) is 14.2 Å². The molecule has 4 heterocycles. The first-order valence-corrected chi connectivity index (χ1v) is 13.2. The minimum absolute atomic E-state index is 0.0818. The van der Waals surface area contributed by atoms with E-state index in [1.165, 1.54) is 22.8 Å². The zero-order chi connectivity index (χ0) is 24.4. The average molecular weight is 504 g/mol. The maximum atomic E-state index is 15.0. The summed E-state index contributed by atoms with van der Waals surface area (Å²) < 4.78 is 57.2. The van der Waals surface area contributed by atoms with Crippen molar-refractivity contribution >= 4 is 26.7 Å². The highest BCUT2D eigenvalue weighted by atomic mass is 32.2. The second kappa shape index (κ2) is 9.97. The number of ether oxygens (including phenoxy) is 3. The highest BCUT2D eigenvalue weighted by Crippen LogP contribution is 2.30. The number of rotatable bonds is 6. The van der Waals surface area contributed by atoms with E-state index in [1.54, 1.807) is 18.3 Å². The van der Waals surface area contributed by atoms with Crippen molar-refractivity contribution in [1.82, 2.24) is 19.3 Å². The van der Waals surface area contributed by atoms with Crippen LogP contribution in [0.5, 0.6) is 5.88 Å². The predicted octanol–water partition coefficient (Wildman–Crippen LogP) is 1.71. The number of benzene rings is 1. The summed E-state index contributed by atoms with van der Waals surface area (Å²) in [6, 6.07) is 6.75. The summed E-state index contributed by atoms with van der Waals surface area (Å²) in [6.45, 7) is 3.28. The zero-order valence-corrected chi connectivity index (χ0v) is 20.1. The molecular weight excluding hydrogens is 477 g/mol. The topological polar surface area (TPSA) is 107 Å². The first-order valence-electron chi connectivity index (χ1n) is 11.3. The Hall–Kier alpha value is -2.93. The summed E-state index contributed by atoms with van der Waals surface area (Å²) in [4.78, 5) is 15.3. The molecule has 0 radical (unpaired) electrons. The Kier molecular flexibility index (Phi) is 6.78. The Morgan fingerprint density at radius 2 is 1.91 bits per heavy atom. The quantitative estimate of drug-likeness (QED) is 0.497. The number of fused-ring (bicyclic) bond motifs is 1. The smallest absolute Gasteiger partial charge is 0.242 e. The van der Waals surface area contributed by atoms with Crippen LogP contribution in [-0.4, -0.2) is 92.6 Å². The molecule has 2 saturated heterocycles. The molecule has 3 aromatic rings. The van der Waals surface area contributed by atoms with Crippen LogP contribution in [0.25, 0.3) is 22.3 Å². The third-order valence-corrected chi connectivity index (χ3v) is 7.27. The van der Waals surface area contributed by atoms with Gasteiger partial charge < -0.3 is 19.1 Å². The van der Waals surface area contributed by atoms with Crippen molar-refractivity contribution in [2.24, 2.45) is 0 Å². The number of pyridine rings is 1. The van der Waals surface area contributed by atoms with Crippen LogP contribution >= 0.6 is 0 Å². The minimum atomic E-state index is -3.32. The first kappa shape index (κ1) is 23.8. The van der Waals surface area contributed by atoms with Crippen LogP contribution in [-0.2, 0) is 19.5 Å². The van der Waals surface area contributed by atoms with Crippen molar-refractivity contribution in [2.75, 3.05) is 63.8 Å². The number of hydrogen-bond donors (Lipinski definition) is 0. The van der Waals surface area contributed by atoms with Crippen molar-refractivity contribution < 1.29 is 27.0 Å². The molecule has 35 heavy (non-hydrogen) atoms. The molecular formula is C23H26FN5O5S. The van der Waals surface area contributed by atoms with E-state index in [0.717, 1.165) is 0 Å². The highest BCUT2D eigenvalue weighted by molar-refractivity contribution is 7.88. The van der Waals surface area contributed by atoms with Crippen LogP contribution in [0.2, 0.25) is 0 Å². The largest absolute Gasteiger partial charge is 0.473 e. The second-order valence-electron chi connectivity index (χ2n) is 8.43. The van der Waals surface area contributed by atoms with Gasteiger partial charge in [-0.1, -0.05) is 6.07 Å². The van der Waals surface area contributed by atoms with Crippen molar-refractivity contribution in [2.45, 2.75) is 6.10 Å². The van der Waals surface area contributed by atoms with E-state index in [-0.39, 0.29) is 31.5 Å². The molecule has 2 aromatic heterocycles. The van der Waals surface area contributed by atoms with E-state index < -0.39 is 16.1 Å². The fourth-order valence-corrected chi connectivity index (χ4v) is 5.03. The van der Waals surface area contributed by atoms with Gasteiger partial charge in [0, 0.05) is 44.1 Å². The van der Waals surface area contributed by atoms with Crippen LogP contribution in [0.3, 0.4) is 0 Å². The molecule has 186 valence electrons. The molecule has 5 rings (SSSR count). The molecule has 1 atom stereocenters. The van der Waals surface area contributed by atoms with Gasteiger partial charge in [0.1, 0.15) is 18.5 Å². The number of halogens is 1. The van der Waals surface area contributed by atoms with Crippen LogP contribution in [0.4, 0.5) is 10.1 Å². The van der Waals surface area contributed by atoms with E-state index in [0.29, 0.717) is 60.8 Å². The van der Waals surface area contributed by atoms with Crippen molar-refractivity contribution in [3.05, 3.63) is 42.5 Å². The lowest BCUT2D eigenvalue weighted by molar-refractivity contribution is -0.0252. The fourth-order valence-electron chi connectivity index (χ4n) is 4.18. The number of morpholine rings is 2. The molecule has 10 nitrogen and oxygen atoms in total. The van der Waals surface area contributed by atoms with Crippen LogP contribution in [0, 0.1) is 5.82 Å². The molecule has 0 unspecified atom stereocenters. The highest BCUT2D eigenvalue weighted by Gasteiger charge is 2.27. The molecule has 2 aliphatic heterocycles. The average Bonchev–Trinajstić information content (AvgIpc) is 2.87. The summed E-state index contributed by atoms with van der Waals surface area (Å²) in [5.41, 5.74) is 2.60. The molecule has 0 saturated carbocycles. The third-order valence-electron chi connectivity index (χ3n) is 6.00. The lowest BCUT2D eigenvalue weighted by Crippen LogP contribution is -2.47. The molecule has 0 N–H and O–H groups in total. The Morgan fingerprint density at radius 3 is 2.69 bits per heavy atom. The van der Waals surface area contributed by atoms with E-state index >= 15 is 4.39 Å². The fraction of sp³-hybridized carbons (Fsp3) is 0.435. The maximum absolute atomic E-state index is 15.0. The summed E-state index contributed by atoms with van der Waals surface area (Å²) in [6.07, 6.45) is 3.82. The summed E-state index contributed by atoms with van der Waals surface area (Å²) in [5.74, 6) is -0.118. The molecule has 0 spiro atoms. The normalized spacial score (nSPS) is 19.7. The van der Waals surface area contributed by atoms with Gasteiger partial charge in [0.15, 0.2) is 5.52 Å². The standard InChI is InChI=1S/C23H26FN5O5S/c1-35(30,31)29-8-11-33-17(14-29)15-34-23-22-20(25-4-5-26-22)13-19(27-23)16-2-3-21(18(24)12-16)28-6-9-32-10-7-28/h2-5,12-13,17H,6-11,14-15H2,1H3/t17-/m0/s1. The molecule has 1 aromatic carbocycles. The van der Waals surface area contributed by atoms with Gasteiger partial charge in [-0.2, -0.15) is 4.31 Å². The predicted molar refractivity (Wildman–Crippen MR) is 127 cm³/mol. The van der Waals surface area contributed by atoms with Gasteiger partial charge in [0.25, 0.3) is 0 Å². The monoisotopic (exact) mass is 503 g/mol. The van der Waals surface area contributed by atoms with E-state index in [9.17, 15) is 8.42 Å². The third kappa shape index (κ3) is 5.35. The van der Waals surface area contributed by atoms with Gasteiger partial charge in [-0.25, -0.2) is 22.8 Å². The van der Waals surface area contributed by atoms with Gasteiger partial charge in [-0.05, 0) is 18.2 Å². The van der Waals surface area contributed by atoms with Crippen LogP contribution < -0.4 is 9.64 Å². The molecule has 0 bridgehead atoms. The van der Waals surface area contributed by atoms with Gasteiger partial charge in [0.05, 0.1) is 43.0 Å². The number of nitrogens with zero attached hydrogens (tertiary/aromatic N) is 5. The molecule has 0 amide bonds. The molecule has 2 fully saturated rings. The molecule has 12 heteroatoms. The van der Waals surface area contributed by atoms with Gasteiger partial charge in [0.2, 0.25) is 15.9 Å². The van der Waals surface area contributed by atoms with Crippen molar-refractivity contribution in [3.63, 3.8) is 0 Å². The Morgan fingerprint density at radius 1 is 1.11 bits per heavy atom. The Labute approximate surface area is 202 Å². The minimum Gasteiger partial charge on any atom is -0.473 e. The summed E-state index contributed by atoms with van der Waals surface area (Å²) in [7, 11) is -3.32. The second-order valence-corrected chi connectivity index (χ2v) is 10.4. The van der Waals surface area contributed by atoms with Gasteiger partial charge >= 0.3 is 0 Å². The Bertz CT molecular complexity index is 1320. The summed E-state index contributed by atoms with van der Waals surface area (Å²) >= 11 is 0. The lowest BCUT2D eigenvalue weighted by atomic mass is 10.1. The number of hydrogen-bond acceptors (Lipinski definition) is 9. The van der Waals surface area contributed by atoms with Gasteiger partial charge in [-0.3, -0.25) is 4.98 Å². The van der Waals surface area contributed by atoms with Crippen molar-refractivity contribution in [3.8, 4) is 17.1 Å². The van der Waals surface area contributed by atoms with Gasteiger partial charge in [-0.15, -0.1) is 0 Å². The zero-order valence-electron chi connectivity index (χ0n) is 19.3.